The van der Waals surface area contributed by atoms with Gasteiger partial charge in [0.25, 0.3) is 0 Å². The first kappa shape index (κ1) is 11.6. The van der Waals surface area contributed by atoms with Crippen LogP contribution >= 0.6 is 0 Å². The molecule has 0 atom stereocenters. The van der Waals surface area contributed by atoms with Gasteiger partial charge in [-0.1, -0.05) is 23.4 Å². The Morgan fingerprint density at radius 2 is 2.18 bits per heavy atom. The van der Waals surface area contributed by atoms with E-state index in [2.05, 4.69) is 10.3 Å². The fourth-order valence-corrected chi connectivity index (χ4v) is 1.58. The molecule has 0 aliphatic heterocycles. The molecule has 5 heteroatoms. The van der Waals surface area contributed by atoms with Crippen molar-refractivity contribution in [1.82, 2.24) is 15.0 Å². The second-order valence-electron chi connectivity index (χ2n) is 3.88. The molecular formula is C12H16N4O. The SMILES string of the molecule is Cn1cc(COCCc2ccccc2N)nn1. The molecule has 2 aromatic rings. The van der Waals surface area contributed by atoms with Gasteiger partial charge in [-0.25, -0.2) is 0 Å². The van der Waals surface area contributed by atoms with Crippen molar-refractivity contribution in [1.29, 1.82) is 0 Å². The Labute approximate surface area is 100 Å². The summed E-state index contributed by atoms with van der Waals surface area (Å²) in [7, 11) is 1.83. The zero-order chi connectivity index (χ0) is 12.1. The number of anilines is 1. The van der Waals surface area contributed by atoms with Gasteiger partial charge in [0.1, 0.15) is 5.69 Å². The molecule has 0 radical (unpaired) electrons. The van der Waals surface area contributed by atoms with Crippen molar-refractivity contribution >= 4 is 5.69 Å². The molecule has 0 amide bonds. The number of hydrogen-bond donors (Lipinski definition) is 1. The zero-order valence-corrected chi connectivity index (χ0v) is 9.84. The van der Waals surface area contributed by atoms with Crippen molar-refractivity contribution in [2.45, 2.75) is 13.0 Å². The highest BCUT2D eigenvalue weighted by Gasteiger charge is 2.00. The standard InChI is InChI=1S/C12H16N4O/c1-16-8-11(14-15-16)9-17-7-6-10-4-2-3-5-12(10)13/h2-5,8H,6-7,9,13H2,1H3. The second kappa shape index (κ2) is 5.45. The maximum atomic E-state index is 5.84. The quantitative estimate of drug-likeness (QED) is 0.620. The lowest BCUT2D eigenvalue weighted by Crippen LogP contribution is -2.02. The summed E-state index contributed by atoms with van der Waals surface area (Å²) >= 11 is 0. The van der Waals surface area contributed by atoms with Crippen molar-refractivity contribution < 1.29 is 4.74 Å². The van der Waals surface area contributed by atoms with Crippen LogP contribution < -0.4 is 5.73 Å². The van der Waals surface area contributed by atoms with Crippen LogP contribution in [-0.2, 0) is 24.8 Å². The molecule has 1 aromatic carbocycles. The van der Waals surface area contributed by atoms with Crippen LogP contribution in [0.15, 0.2) is 30.5 Å². The van der Waals surface area contributed by atoms with Gasteiger partial charge >= 0.3 is 0 Å². The first-order valence-corrected chi connectivity index (χ1v) is 5.52. The summed E-state index contributed by atoms with van der Waals surface area (Å²) in [4.78, 5) is 0. The van der Waals surface area contributed by atoms with E-state index in [1.807, 2.05) is 37.5 Å². The normalized spacial score (nSPS) is 10.6. The lowest BCUT2D eigenvalue weighted by Gasteiger charge is -2.05. The molecule has 17 heavy (non-hydrogen) atoms. The largest absolute Gasteiger partial charge is 0.399 e. The number of nitrogens with two attached hydrogens (primary N) is 1. The van der Waals surface area contributed by atoms with Crippen LogP contribution in [0.3, 0.4) is 0 Å². The molecule has 1 heterocycles. The molecule has 5 nitrogen and oxygen atoms in total. The van der Waals surface area contributed by atoms with E-state index in [-0.39, 0.29) is 0 Å². The van der Waals surface area contributed by atoms with E-state index in [1.54, 1.807) is 4.68 Å². The van der Waals surface area contributed by atoms with Gasteiger partial charge in [0.05, 0.1) is 19.4 Å². The maximum absolute atomic E-state index is 5.84. The molecule has 1 aromatic heterocycles. The summed E-state index contributed by atoms with van der Waals surface area (Å²) in [5.74, 6) is 0. The van der Waals surface area contributed by atoms with Crippen LogP contribution in [0.5, 0.6) is 0 Å². The fraction of sp³-hybridized carbons (Fsp3) is 0.333. The first-order valence-electron chi connectivity index (χ1n) is 5.52. The molecule has 2 N–H and O–H groups in total. The van der Waals surface area contributed by atoms with Crippen molar-refractivity contribution in [2.75, 3.05) is 12.3 Å². The molecule has 0 aliphatic carbocycles. The Kier molecular flexibility index (Phi) is 3.72. The van der Waals surface area contributed by atoms with Crippen LogP contribution in [0, 0.1) is 0 Å². The van der Waals surface area contributed by atoms with Crippen LogP contribution in [0.25, 0.3) is 0 Å². The molecule has 0 unspecified atom stereocenters. The third-order valence-corrected chi connectivity index (χ3v) is 2.47. The van der Waals surface area contributed by atoms with E-state index in [0.717, 1.165) is 23.4 Å². The van der Waals surface area contributed by atoms with Gasteiger partial charge in [0, 0.05) is 12.7 Å². The maximum Gasteiger partial charge on any atom is 0.108 e. The van der Waals surface area contributed by atoms with Gasteiger partial charge in [-0.15, -0.1) is 5.10 Å². The molecule has 2 rings (SSSR count). The Balaban J connectivity index is 1.75. The zero-order valence-electron chi connectivity index (χ0n) is 9.84. The van der Waals surface area contributed by atoms with E-state index < -0.39 is 0 Å². The van der Waals surface area contributed by atoms with Crippen molar-refractivity contribution in [3.05, 3.63) is 41.7 Å². The molecule has 0 spiro atoms. The molecular weight excluding hydrogens is 216 g/mol. The second-order valence-corrected chi connectivity index (χ2v) is 3.88. The lowest BCUT2D eigenvalue weighted by atomic mass is 10.1. The van der Waals surface area contributed by atoms with Crippen LogP contribution in [0.2, 0.25) is 0 Å². The number of ether oxygens (including phenoxy) is 1. The Bertz CT molecular complexity index is 481. The monoisotopic (exact) mass is 232 g/mol. The summed E-state index contributed by atoms with van der Waals surface area (Å²) in [6, 6.07) is 7.83. The lowest BCUT2D eigenvalue weighted by molar-refractivity contribution is 0.121. The summed E-state index contributed by atoms with van der Waals surface area (Å²) in [6.07, 6.45) is 2.66. The van der Waals surface area contributed by atoms with Gasteiger partial charge in [-0.2, -0.15) is 0 Å². The highest BCUT2D eigenvalue weighted by atomic mass is 16.5. The molecule has 0 aliphatic rings. The third-order valence-electron chi connectivity index (χ3n) is 2.47. The number of aryl methyl sites for hydroxylation is 1. The van der Waals surface area contributed by atoms with Crippen molar-refractivity contribution in [2.24, 2.45) is 7.05 Å². The van der Waals surface area contributed by atoms with E-state index in [9.17, 15) is 0 Å². The predicted molar refractivity (Wildman–Crippen MR) is 65.2 cm³/mol. The Morgan fingerprint density at radius 3 is 2.88 bits per heavy atom. The van der Waals surface area contributed by atoms with E-state index in [0.29, 0.717) is 13.2 Å². The van der Waals surface area contributed by atoms with Gasteiger partial charge in [-0.3, -0.25) is 4.68 Å². The molecule has 90 valence electrons. The van der Waals surface area contributed by atoms with Gasteiger partial charge in [0.15, 0.2) is 0 Å². The van der Waals surface area contributed by atoms with E-state index in [4.69, 9.17) is 10.5 Å². The predicted octanol–water partition coefficient (Wildman–Crippen LogP) is 1.16. The van der Waals surface area contributed by atoms with Gasteiger partial charge in [-0.05, 0) is 18.1 Å². The summed E-state index contributed by atoms with van der Waals surface area (Å²) in [5.41, 5.74) is 8.61. The van der Waals surface area contributed by atoms with Crippen molar-refractivity contribution in [3.8, 4) is 0 Å². The van der Waals surface area contributed by atoms with Crippen LogP contribution in [0.1, 0.15) is 11.3 Å². The number of aromatic nitrogens is 3. The molecule has 0 saturated carbocycles. The topological polar surface area (TPSA) is 66.0 Å². The molecule has 0 fully saturated rings. The summed E-state index contributed by atoms with van der Waals surface area (Å²) in [5, 5.41) is 7.78. The minimum Gasteiger partial charge on any atom is -0.399 e. The number of hydrogen-bond acceptors (Lipinski definition) is 4. The minimum absolute atomic E-state index is 0.487. The summed E-state index contributed by atoms with van der Waals surface area (Å²) in [6.45, 7) is 1.12. The number of para-hydroxylation sites is 1. The third kappa shape index (κ3) is 3.29. The highest BCUT2D eigenvalue weighted by Crippen LogP contribution is 2.11. The Morgan fingerprint density at radius 1 is 1.35 bits per heavy atom. The average molecular weight is 232 g/mol. The number of benzene rings is 1. The van der Waals surface area contributed by atoms with Crippen LogP contribution in [0.4, 0.5) is 5.69 Å². The van der Waals surface area contributed by atoms with Gasteiger partial charge in [0.2, 0.25) is 0 Å². The number of rotatable bonds is 5. The minimum atomic E-state index is 0.487. The summed E-state index contributed by atoms with van der Waals surface area (Å²) < 4.78 is 7.18. The van der Waals surface area contributed by atoms with E-state index >= 15 is 0 Å². The van der Waals surface area contributed by atoms with Gasteiger partial charge < -0.3 is 10.5 Å². The highest BCUT2D eigenvalue weighted by molar-refractivity contribution is 5.46. The van der Waals surface area contributed by atoms with E-state index in [1.165, 1.54) is 0 Å². The Hall–Kier alpha value is -1.88. The first-order chi connectivity index (χ1) is 8.25. The smallest absolute Gasteiger partial charge is 0.108 e. The molecule has 0 saturated heterocycles. The molecule has 0 bridgehead atoms. The van der Waals surface area contributed by atoms with Crippen LogP contribution in [-0.4, -0.2) is 21.6 Å². The number of nitrogen functional groups attached to an aromatic ring is 1. The average Bonchev–Trinajstić information content (AvgIpc) is 2.73. The fourth-order valence-electron chi connectivity index (χ4n) is 1.58. The number of nitrogens with zero attached hydrogens (tertiary/aromatic N) is 3. The van der Waals surface area contributed by atoms with Crippen molar-refractivity contribution in [3.63, 3.8) is 0 Å².